The molecule has 14 nitrogen and oxygen atoms in total. The highest BCUT2D eigenvalue weighted by atomic mass is 31.0. The molecule has 0 spiro atoms. The number of nitrogens with one attached hydrogen (secondary N) is 4. The summed E-state index contributed by atoms with van der Waals surface area (Å²) in [5, 5.41) is 20.6. The molecule has 272 valence electrons. The smallest absolute Gasteiger partial charge is 0.415 e. The molecule has 0 aliphatic heterocycles. The molecule has 49 heavy (non-hydrogen) atoms. The number of methoxy groups -OCH3 is 1. The van der Waals surface area contributed by atoms with E-state index in [1.807, 2.05) is 51.1 Å². The molecule has 15 heteroatoms. The Balaban J connectivity index is 0.0000120. The minimum Gasteiger partial charge on any atom is -0.493 e. The molecule has 3 atom stereocenters. The summed E-state index contributed by atoms with van der Waals surface area (Å²) in [5.74, 6) is -1.37. The third-order valence-electron chi connectivity index (χ3n) is 7.39. The van der Waals surface area contributed by atoms with Crippen molar-refractivity contribution >= 4 is 39.6 Å². The zero-order chi connectivity index (χ0) is 35.8. The van der Waals surface area contributed by atoms with E-state index in [4.69, 9.17) is 9.47 Å². The lowest BCUT2D eigenvalue weighted by Crippen LogP contribution is -2.56. The van der Waals surface area contributed by atoms with Gasteiger partial charge in [-0.1, -0.05) is 44.2 Å². The predicted octanol–water partition coefficient (Wildman–Crippen LogP) is 1.04. The molecule has 0 aliphatic rings. The molecule has 0 aliphatic carbocycles. The molecule has 3 unspecified atom stereocenters. The Hall–Kier alpha value is -4.26. The zero-order valence-corrected chi connectivity index (χ0v) is 31.0. The Bertz CT molecular complexity index is 1370. The first-order valence-corrected chi connectivity index (χ1v) is 15.8. The summed E-state index contributed by atoms with van der Waals surface area (Å²) in [5.41, 5.74) is 2.06. The fourth-order valence-electron chi connectivity index (χ4n) is 4.74. The number of carbonyl (C=O) groups excluding carboxylic acids is 5. The average Bonchev–Trinajstić information content (AvgIpc) is 3.05. The molecule has 0 fully saturated rings. The van der Waals surface area contributed by atoms with E-state index in [0.717, 1.165) is 11.1 Å². The van der Waals surface area contributed by atoms with Crippen LogP contribution in [0.5, 0.6) is 11.5 Å². The van der Waals surface area contributed by atoms with E-state index in [0.29, 0.717) is 17.7 Å². The van der Waals surface area contributed by atoms with Gasteiger partial charge < -0.3 is 45.6 Å². The molecule has 5 amide bonds. The van der Waals surface area contributed by atoms with Crippen molar-refractivity contribution in [3.05, 3.63) is 59.2 Å². The van der Waals surface area contributed by atoms with Crippen molar-refractivity contribution in [2.24, 2.45) is 5.92 Å². The second kappa shape index (κ2) is 21.7. The SMILES string of the molecule is CNCC(=O)NC(Cc1ccccc1)C(=O)NC(CC(C)C)C(=O)NCC(=O)N(C)CCN(C)C(=O)Oc1c(CO)cc(C)cc1OC.P. The van der Waals surface area contributed by atoms with Crippen LogP contribution in [0.2, 0.25) is 0 Å². The number of rotatable bonds is 18. The Morgan fingerprint density at radius 1 is 0.898 bits per heavy atom. The summed E-state index contributed by atoms with van der Waals surface area (Å²) >= 11 is 0. The highest BCUT2D eigenvalue weighted by molar-refractivity contribution is 6.92. The van der Waals surface area contributed by atoms with Gasteiger partial charge in [0.25, 0.3) is 0 Å². The van der Waals surface area contributed by atoms with E-state index in [9.17, 15) is 29.1 Å². The van der Waals surface area contributed by atoms with Gasteiger partial charge in [0.2, 0.25) is 23.6 Å². The van der Waals surface area contributed by atoms with Crippen molar-refractivity contribution in [2.75, 3.05) is 54.4 Å². The number of aliphatic hydroxyl groups excluding tert-OH is 1. The molecule has 0 bridgehead atoms. The molecular weight excluding hydrogens is 651 g/mol. The van der Waals surface area contributed by atoms with E-state index >= 15 is 0 Å². The third-order valence-corrected chi connectivity index (χ3v) is 7.39. The van der Waals surface area contributed by atoms with Crippen LogP contribution in [0.15, 0.2) is 42.5 Å². The van der Waals surface area contributed by atoms with Crippen LogP contribution >= 0.6 is 9.90 Å². The quantitative estimate of drug-likeness (QED) is 0.142. The van der Waals surface area contributed by atoms with Gasteiger partial charge in [-0.2, -0.15) is 9.90 Å². The Kier molecular flexibility index (Phi) is 18.9. The van der Waals surface area contributed by atoms with Gasteiger partial charge in [-0.25, -0.2) is 4.79 Å². The minimum atomic E-state index is -0.946. The number of nitrogens with zero attached hydrogens (tertiary/aromatic N) is 2. The average molecular weight is 705 g/mol. The third kappa shape index (κ3) is 14.4. The molecule has 5 N–H and O–H groups in total. The number of benzene rings is 2. The highest BCUT2D eigenvalue weighted by Crippen LogP contribution is 2.33. The minimum absolute atomic E-state index is 0. The zero-order valence-electron chi connectivity index (χ0n) is 29.6. The van der Waals surface area contributed by atoms with Crippen molar-refractivity contribution in [1.29, 1.82) is 0 Å². The van der Waals surface area contributed by atoms with Crippen LogP contribution in [-0.2, 0) is 32.2 Å². The van der Waals surface area contributed by atoms with Crippen LogP contribution in [0.1, 0.15) is 37.0 Å². The van der Waals surface area contributed by atoms with Gasteiger partial charge in [0.15, 0.2) is 11.5 Å². The number of aliphatic hydroxyl groups is 1. The number of ether oxygens (including phenoxy) is 2. The van der Waals surface area contributed by atoms with Crippen molar-refractivity contribution < 1.29 is 38.6 Å². The number of hydrogen-bond acceptors (Lipinski definition) is 9. The van der Waals surface area contributed by atoms with Gasteiger partial charge >= 0.3 is 6.09 Å². The first kappa shape index (κ1) is 42.8. The van der Waals surface area contributed by atoms with Crippen LogP contribution in [0.4, 0.5) is 4.79 Å². The maximum Gasteiger partial charge on any atom is 0.415 e. The topological polar surface area (TPSA) is 179 Å². The van der Waals surface area contributed by atoms with Crippen LogP contribution in [0.3, 0.4) is 0 Å². The van der Waals surface area contributed by atoms with Gasteiger partial charge in [-0.05, 0) is 49.6 Å². The molecule has 0 saturated carbocycles. The second-order valence-corrected chi connectivity index (χ2v) is 12.0. The molecule has 0 radical (unpaired) electrons. The summed E-state index contributed by atoms with van der Waals surface area (Å²) in [7, 11) is 6.10. The van der Waals surface area contributed by atoms with Gasteiger partial charge in [0, 0.05) is 39.2 Å². The van der Waals surface area contributed by atoms with Gasteiger partial charge in [-0.3, -0.25) is 19.2 Å². The monoisotopic (exact) mass is 704 g/mol. The van der Waals surface area contributed by atoms with Crippen molar-refractivity contribution in [1.82, 2.24) is 31.1 Å². The van der Waals surface area contributed by atoms with Crippen molar-refractivity contribution in [3.63, 3.8) is 0 Å². The van der Waals surface area contributed by atoms with Crippen molar-refractivity contribution in [2.45, 2.75) is 52.3 Å². The second-order valence-electron chi connectivity index (χ2n) is 12.0. The number of hydrogen-bond donors (Lipinski definition) is 5. The highest BCUT2D eigenvalue weighted by Gasteiger charge is 2.28. The number of aryl methyl sites for hydroxylation is 1. The number of carbonyl (C=O) groups is 5. The molecule has 0 saturated heterocycles. The number of likely N-dealkylation sites (N-methyl/N-ethyl adjacent to an activating group) is 3. The Morgan fingerprint density at radius 3 is 2.14 bits per heavy atom. The van der Waals surface area contributed by atoms with Gasteiger partial charge in [0.05, 0.1) is 26.8 Å². The lowest BCUT2D eigenvalue weighted by atomic mass is 10.0. The van der Waals surface area contributed by atoms with Crippen LogP contribution in [0.25, 0.3) is 0 Å². The summed E-state index contributed by atoms with van der Waals surface area (Å²) in [6.07, 6.45) is -0.174. The maximum absolute atomic E-state index is 13.4. The molecular formula is C34H53N6O8P. The van der Waals surface area contributed by atoms with Crippen molar-refractivity contribution in [3.8, 4) is 11.5 Å². The van der Waals surface area contributed by atoms with E-state index in [1.165, 1.54) is 31.0 Å². The lowest BCUT2D eigenvalue weighted by molar-refractivity contribution is -0.134. The standard InChI is InChI=1S/C34H50N6O8.H3P/c1-22(2)15-26(38-33(45)27(37-29(42)19-35-4)18-24-11-9-8-10-12-24)32(44)36-20-30(43)39(5)13-14-40(6)34(46)48-31-25(21-41)16-23(3)17-28(31)47-7;/h8-12,16-17,22,26-27,35,41H,13-15,18-21H2,1-7H3,(H,36,44)(H,37,42)(H,38,45);1H3. The first-order chi connectivity index (χ1) is 22.8. The lowest BCUT2D eigenvalue weighted by Gasteiger charge is -2.25. The van der Waals surface area contributed by atoms with E-state index in [2.05, 4.69) is 21.3 Å². The number of amides is 5. The predicted molar refractivity (Wildman–Crippen MR) is 191 cm³/mol. The van der Waals surface area contributed by atoms with E-state index in [1.54, 1.807) is 19.2 Å². The molecule has 2 aromatic rings. The van der Waals surface area contributed by atoms with Crippen LogP contribution < -0.4 is 30.7 Å². The van der Waals surface area contributed by atoms with Gasteiger partial charge in [0.1, 0.15) is 12.1 Å². The first-order valence-electron chi connectivity index (χ1n) is 15.8. The van der Waals surface area contributed by atoms with Crippen LogP contribution in [0, 0.1) is 12.8 Å². The Morgan fingerprint density at radius 2 is 1.55 bits per heavy atom. The molecule has 0 aromatic heterocycles. The Labute approximate surface area is 292 Å². The summed E-state index contributed by atoms with van der Waals surface area (Å²) in [6.45, 7) is 5.23. The fourth-order valence-corrected chi connectivity index (χ4v) is 4.74. The van der Waals surface area contributed by atoms with E-state index < -0.39 is 35.9 Å². The molecule has 0 heterocycles. The van der Waals surface area contributed by atoms with Gasteiger partial charge in [-0.15, -0.1) is 0 Å². The summed E-state index contributed by atoms with van der Waals surface area (Å²) < 4.78 is 10.8. The molecule has 2 aromatic carbocycles. The fraction of sp³-hybridized carbons (Fsp3) is 0.500. The molecule has 2 rings (SSSR count). The summed E-state index contributed by atoms with van der Waals surface area (Å²) in [4.78, 5) is 67.2. The maximum atomic E-state index is 13.4. The van der Waals surface area contributed by atoms with E-state index in [-0.39, 0.29) is 66.7 Å². The largest absolute Gasteiger partial charge is 0.493 e. The van der Waals surface area contributed by atoms with Crippen LogP contribution in [-0.4, -0.2) is 111 Å². The normalized spacial score (nSPS) is 11.8. The summed E-state index contributed by atoms with van der Waals surface area (Å²) in [6, 6.07) is 10.7.